The summed E-state index contributed by atoms with van der Waals surface area (Å²) in [6, 6.07) is 1.49. The Morgan fingerprint density at radius 2 is 2.57 bits per heavy atom. The van der Waals surface area contributed by atoms with Gasteiger partial charge in [0, 0.05) is 0 Å². The Morgan fingerprint density at radius 3 is 2.71 bits per heavy atom. The zero-order chi connectivity index (χ0) is 5.28. The van der Waals surface area contributed by atoms with E-state index >= 15 is 0 Å². The van der Waals surface area contributed by atoms with Crippen LogP contribution in [0, 0.1) is 0 Å². The minimum absolute atomic E-state index is 0.222. The maximum Gasteiger partial charge on any atom is 0.168 e. The molecule has 38 valence electrons. The molecule has 0 aliphatic heterocycles. The van der Waals surface area contributed by atoms with Gasteiger partial charge < -0.3 is 5.21 Å². The highest BCUT2D eigenvalue weighted by Crippen LogP contribution is 2.01. The summed E-state index contributed by atoms with van der Waals surface area (Å²) >= 11 is 5.27. The highest BCUT2D eigenvalue weighted by Gasteiger charge is 1.89. The Bertz CT molecular complexity index is 145. The zero-order valence-electron chi connectivity index (χ0n) is 3.37. The van der Waals surface area contributed by atoms with Gasteiger partial charge >= 0.3 is 0 Å². The van der Waals surface area contributed by atoms with Gasteiger partial charge in [-0.15, -0.1) is 5.10 Å². The van der Waals surface area contributed by atoms with Crippen molar-refractivity contribution < 1.29 is 5.21 Å². The predicted molar refractivity (Wildman–Crippen MR) is 24.4 cm³/mol. The fourth-order valence-electron chi connectivity index (χ4n) is 0.280. The third kappa shape index (κ3) is 0.667. The zero-order valence-corrected chi connectivity index (χ0v) is 4.13. The van der Waals surface area contributed by atoms with Gasteiger partial charge in [0.2, 0.25) is 0 Å². The van der Waals surface area contributed by atoms with Crippen molar-refractivity contribution >= 4 is 11.6 Å². The average Bonchev–Trinajstić information content (AvgIpc) is 1.91. The Kier molecular flexibility index (Phi) is 0.906. The molecule has 0 amide bonds. The smallest absolute Gasteiger partial charge is 0.168 e. The molecule has 1 rings (SSSR count). The lowest BCUT2D eigenvalue weighted by Crippen LogP contribution is -1.89. The van der Waals surface area contributed by atoms with Crippen molar-refractivity contribution in [2.45, 2.75) is 0 Å². The van der Waals surface area contributed by atoms with Crippen molar-refractivity contribution in [2.24, 2.45) is 0 Å². The topological polar surface area (TPSA) is 38.0 Å². The highest BCUT2D eigenvalue weighted by atomic mass is 35.5. The average molecular weight is 119 g/mol. The van der Waals surface area contributed by atoms with Crippen molar-refractivity contribution in [2.75, 3.05) is 0 Å². The molecule has 0 radical (unpaired) electrons. The SMILES string of the molecule is On1nccc1Cl. The molecule has 0 saturated carbocycles. The van der Waals surface area contributed by atoms with Crippen molar-refractivity contribution in [1.82, 2.24) is 9.94 Å². The molecule has 0 saturated heterocycles. The summed E-state index contributed by atoms with van der Waals surface area (Å²) in [5.74, 6) is 0. The van der Waals surface area contributed by atoms with E-state index in [9.17, 15) is 0 Å². The van der Waals surface area contributed by atoms with Gasteiger partial charge in [0.05, 0.1) is 6.20 Å². The van der Waals surface area contributed by atoms with Gasteiger partial charge in [-0.2, -0.15) is 0 Å². The van der Waals surface area contributed by atoms with Crippen LogP contribution < -0.4 is 0 Å². The number of hydrogen-bond donors (Lipinski definition) is 1. The fraction of sp³-hybridized carbons (Fsp3) is 0. The first kappa shape index (κ1) is 4.46. The number of hydrogen-bond acceptors (Lipinski definition) is 2. The summed E-state index contributed by atoms with van der Waals surface area (Å²) in [5.41, 5.74) is 0. The molecule has 0 unspecified atom stereocenters. The third-order valence-corrected chi connectivity index (χ3v) is 0.856. The maximum atomic E-state index is 8.43. The van der Waals surface area contributed by atoms with Crippen molar-refractivity contribution in [1.29, 1.82) is 0 Å². The van der Waals surface area contributed by atoms with E-state index in [4.69, 9.17) is 16.8 Å². The summed E-state index contributed by atoms with van der Waals surface area (Å²) in [5, 5.41) is 12.0. The molecule has 0 aromatic carbocycles. The highest BCUT2D eigenvalue weighted by molar-refractivity contribution is 6.29. The molecule has 0 aliphatic rings. The van der Waals surface area contributed by atoms with Crippen LogP contribution >= 0.6 is 11.6 Å². The first-order chi connectivity index (χ1) is 3.30. The number of halogens is 1. The van der Waals surface area contributed by atoms with Crippen LogP contribution in [0.2, 0.25) is 5.15 Å². The molecule has 7 heavy (non-hydrogen) atoms. The molecule has 1 heterocycles. The molecule has 0 bridgehead atoms. The lowest BCUT2D eigenvalue weighted by atomic mass is 10.8. The first-order valence-electron chi connectivity index (χ1n) is 1.69. The second kappa shape index (κ2) is 1.42. The Labute approximate surface area is 45.1 Å². The van der Waals surface area contributed by atoms with E-state index in [0.717, 1.165) is 0 Å². The summed E-state index contributed by atoms with van der Waals surface area (Å²) in [6.45, 7) is 0. The van der Waals surface area contributed by atoms with Crippen LogP contribution in [-0.4, -0.2) is 15.2 Å². The van der Waals surface area contributed by atoms with Crippen LogP contribution in [0.4, 0.5) is 0 Å². The summed E-state index contributed by atoms with van der Waals surface area (Å²) < 4.78 is 0. The fourth-order valence-corrected chi connectivity index (χ4v) is 0.380. The summed E-state index contributed by atoms with van der Waals surface area (Å²) in [7, 11) is 0. The summed E-state index contributed by atoms with van der Waals surface area (Å²) in [4.78, 5) is 0.599. The molecule has 0 atom stereocenters. The van der Waals surface area contributed by atoms with Gasteiger partial charge in [0.15, 0.2) is 5.15 Å². The third-order valence-electron chi connectivity index (χ3n) is 0.579. The summed E-state index contributed by atoms with van der Waals surface area (Å²) in [6.07, 6.45) is 1.41. The van der Waals surface area contributed by atoms with Gasteiger partial charge in [-0.25, -0.2) is 0 Å². The van der Waals surface area contributed by atoms with Crippen LogP contribution in [-0.2, 0) is 0 Å². The second-order valence-corrected chi connectivity index (χ2v) is 1.43. The van der Waals surface area contributed by atoms with Crippen molar-refractivity contribution in [3.63, 3.8) is 0 Å². The normalized spacial score (nSPS) is 9.29. The predicted octanol–water partition coefficient (Wildman–Crippen LogP) is 0.774. The molecule has 4 heteroatoms. The molecule has 1 aromatic rings. The van der Waals surface area contributed by atoms with Crippen LogP contribution in [0.1, 0.15) is 0 Å². The van der Waals surface area contributed by atoms with Crippen LogP contribution in [0.5, 0.6) is 0 Å². The van der Waals surface area contributed by atoms with E-state index in [1.54, 1.807) is 0 Å². The quantitative estimate of drug-likeness (QED) is 0.511. The molecular weight excluding hydrogens is 115 g/mol. The van der Waals surface area contributed by atoms with Crippen LogP contribution in [0.15, 0.2) is 12.3 Å². The molecule has 1 N–H and O–H groups in total. The molecule has 3 nitrogen and oxygen atoms in total. The Hall–Kier alpha value is -0.700. The van der Waals surface area contributed by atoms with Gasteiger partial charge in [-0.3, -0.25) is 0 Å². The van der Waals surface area contributed by atoms with Crippen molar-refractivity contribution in [3.05, 3.63) is 17.4 Å². The minimum Gasteiger partial charge on any atom is -0.411 e. The van der Waals surface area contributed by atoms with Crippen LogP contribution in [0.25, 0.3) is 0 Å². The van der Waals surface area contributed by atoms with Gasteiger partial charge in [-0.1, -0.05) is 16.4 Å². The standard InChI is InChI=1S/C3H3ClN2O/c4-3-1-2-5-6(3)7/h1-2,7H. The number of aromatic nitrogens is 2. The molecule has 0 aliphatic carbocycles. The lowest BCUT2D eigenvalue weighted by molar-refractivity contribution is 0.149. The van der Waals surface area contributed by atoms with E-state index < -0.39 is 0 Å². The van der Waals surface area contributed by atoms with E-state index in [1.807, 2.05) is 0 Å². The van der Waals surface area contributed by atoms with E-state index in [0.29, 0.717) is 4.85 Å². The second-order valence-electron chi connectivity index (χ2n) is 1.04. The Morgan fingerprint density at radius 1 is 1.86 bits per heavy atom. The largest absolute Gasteiger partial charge is 0.411 e. The van der Waals surface area contributed by atoms with E-state index in [-0.39, 0.29) is 5.15 Å². The molecule has 0 spiro atoms. The number of nitrogens with zero attached hydrogens (tertiary/aromatic N) is 2. The monoisotopic (exact) mass is 118 g/mol. The van der Waals surface area contributed by atoms with Gasteiger partial charge in [0.1, 0.15) is 0 Å². The van der Waals surface area contributed by atoms with E-state index in [1.165, 1.54) is 12.3 Å². The van der Waals surface area contributed by atoms with Gasteiger partial charge in [0.25, 0.3) is 0 Å². The van der Waals surface area contributed by atoms with Gasteiger partial charge in [-0.05, 0) is 6.07 Å². The van der Waals surface area contributed by atoms with E-state index in [2.05, 4.69) is 5.10 Å². The molecule has 1 aromatic heterocycles. The maximum absolute atomic E-state index is 8.43. The number of rotatable bonds is 0. The van der Waals surface area contributed by atoms with Crippen LogP contribution in [0.3, 0.4) is 0 Å². The lowest BCUT2D eigenvalue weighted by Gasteiger charge is -1.83. The minimum atomic E-state index is 0.222. The van der Waals surface area contributed by atoms with Crippen molar-refractivity contribution in [3.8, 4) is 0 Å². The Balaban J connectivity index is 3.12. The molecular formula is C3H3ClN2O. The first-order valence-corrected chi connectivity index (χ1v) is 2.07. The molecule has 0 fully saturated rings.